The Morgan fingerprint density at radius 3 is 2.67 bits per heavy atom. The molecule has 0 saturated carbocycles. The lowest BCUT2D eigenvalue weighted by molar-refractivity contribution is 0.0603. The largest absolute Gasteiger partial charge is 0.465 e. The number of esters is 1. The van der Waals surface area contributed by atoms with Crippen LogP contribution < -0.4 is 10.6 Å². The summed E-state index contributed by atoms with van der Waals surface area (Å²) in [5, 5.41) is 12.2. The van der Waals surface area contributed by atoms with Crippen LogP contribution in [0, 0.1) is 6.92 Å². The van der Waals surface area contributed by atoms with Gasteiger partial charge >= 0.3 is 5.97 Å². The lowest BCUT2D eigenvalue weighted by Crippen LogP contribution is -2.20. The fourth-order valence-electron chi connectivity index (χ4n) is 3.51. The quantitative estimate of drug-likeness (QED) is 0.244. The second-order valence-electron chi connectivity index (χ2n) is 7.23. The maximum absolute atomic E-state index is 12.7. The van der Waals surface area contributed by atoms with Crippen LogP contribution in [-0.4, -0.2) is 28.0 Å². The number of benzene rings is 2. The minimum atomic E-state index is -0.414. The predicted molar refractivity (Wildman–Crippen MR) is 138 cm³/mol. The minimum absolute atomic E-state index is 0.375. The van der Waals surface area contributed by atoms with Gasteiger partial charge in [0, 0.05) is 22.3 Å². The average Bonchev–Trinajstić information content (AvgIpc) is 3.35. The topological polar surface area (TPSA) is 68.2 Å². The van der Waals surface area contributed by atoms with Gasteiger partial charge in [-0.25, -0.2) is 4.79 Å². The lowest BCUT2D eigenvalue weighted by atomic mass is 10.0. The number of aromatic nitrogens is 2. The van der Waals surface area contributed by atoms with Gasteiger partial charge in [0.25, 0.3) is 0 Å². The van der Waals surface area contributed by atoms with Crippen molar-refractivity contribution in [1.29, 1.82) is 0 Å². The van der Waals surface area contributed by atoms with E-state index in [0.717, 1.165) is 27.3 Å². The van der Waals surface area contributed by atoms with Gasteiger partial charge in [-0.05, 0) is 42.4 Å². The van der Waals surface area contributed by atoms with Crippen LogP contribution >= 0.6 is 35.2 Å². The highest BCUT2D eigenvalue weighted by Crippen LogP contribution is 2.40. The summed E-state index contributed by atoms with van der Waals surface area (Å²) in [6.07, 6.45) is 3.37. The highest BCUT2D eigenvalue weighted by Gasteiger charge is 2.24. The molecular formula is C24H21ClN4O2S2. The Balaban J connectivity index is 1.54. The molecule has 33 heavy (non-hydrogen) atoms. The van der Waals surface area contributed by atoms with Crippen LogP contribution in [0.5, 0.6) is 0 Å². The number of nitrogens with one attached hydrogen (secondary N) is 2. The number of rotatable bonds is 6. The summed E-state index contributed by atoms with van der Waals surface area (Å²) in [6, 6.07) is 17.6. The van der Waals surface area contributed by atoms with E-state index >= 15 is 0 Å². The van der Waals surface area contributed by atoms with Gasteiger partial charge < -0.3 is 15.4 Å². The second-order valence-corrected chi connectivity index (χ2v) is 9.30. The van der Waals surface area contributed by atoms with E-state index in [1.54, 1.807) is 17.1 Å². The third-order valence-electron chi connectivity index (χ3n) is 4.89. The average molecular weight is 497 g/mol. The first-order valence-corrected chi connectivity index (χ1v) is 11.7. The van der Waals surface area contributed by atoms with E-state index in [4.69, 9.17) is 28.6 Å². The van der Waals surface area contributed by atoms with E-state index in [0.29, 0.717) is 27.2 Å². The van der Waals surface area contributed by atoms with Gasteiger partial charge in [-0.15, -0.1) is 11.3 Å². The van der Waals surface area contributed by atoms with Gasteiger partial charge in [-0.2, -0.15) is 5.10 Å². The molecule has 0 aliphatic heterocycles. The number of thiophene rings is 1. The van der Waals surface area contributed by atoms with E-state index < -0.39 is 5.97 Å². The molecule has 168 valence electrons. The van der Waals surface area contributed by atoms with Crippen molar-refractivity contribution in [2.24, 2.45) is 0 Å². The molecule has 4 aromatic rings. The molecule has 0 fully saturated rings. The van der Waals surface area contributed by atoms with Gasteiger partial charge in [-0.3, -0.25) is 4.68 Å². The van der Waals surface area contributed by atoms with Crippen molar-refractivity contribution < 1.29 is 9.53 Å². The summed E-state index contributed by atoms with van der Waals surface area (Å²) in [6.45, 7) is 2.56. The Bertz CT molecular complexity index is 1300. The number of nitrogens with zero attached hydrogens (tertiary/aromatic N) is 2. The summed E-state index contributed by atoms with van der Waals surface area (Å²) in [4.78, 5) is 13.7. The zero-order valence-corrected chi connectivity index (χ0v) is 20.4. The molecule has 0 unspecified atom stereocenters. The number of hydrogen-bond acceptors (Lipinski definition) is 5. The Morgan fingerprint density at radius 2 is 1.97 bits per heavy atom. The van der Waals surface area contributed by atoms with Crippen LogP contribution in [0.25, 0.3) is 11.1 Å². The fourth-order valence-corrected chi connectivity index (χ4v) is 5.02. The van der Waals surface area contributed by atoms with Crippen molar-refractivity contribution in [2.75, 3.05) is 17.7 Å². The van der Waals surface area contributed by atoms with Crippen LogP contribution in [0.15, 0.2) is 67.0 Å². The molecule has 0 bridgehead atoms. The summed E-state index contributed by atoms with van der Waals surface area (Å²) >= 11 is 13.0. The Morgan fingerprint density at radius 1 is 1.18 bits per heavy atom. The first kappa shape index (κ1) is 23.0. The number of carbonyl (C=O) groups is 1. The standard InChI is InChI=1S/C24H21ClN4O2S2/c1-15-20(17-8-4-3-5-9-17)21(23(30)31-2)22(33-15)28-24(32)27-19-10-6-7-16(11-19)13-29-14-18(25)12-26-29/h3-12,14H,13H2,1-2H3,(H2,27,28,32). The number of halogens is 1. The smallest absolute Gasteiger partial charge is 0.341 e. The van der Waals surface area contributed by atoms with Crippen LogP contribution in [-0.2, 0) is 11.3 Å². The zero-order chi connectivity index (χ0) is 23.4. The first-order valence-electron chi connectivity index (χ1n) is 10.1. The first-order chi connectivity index (χ1) is 15.9. The number of ether oxygens (including phenoxy) is 1. The molecule has 2 heterocycles. The predicted octanol–water partition coefficient (Wildman–Crippen LogP) is 6.22. The van der Waals surface area contributed by atoms with E-state index in [2.05, 4.69) is 15.7 Å². The normalized spacial score (nSPS) is 10.6. The summed E-state index contributed by atoms with van der Waals surface area (Å²) < 4.78 is 6.84. The number of methoxy groups -OCH3 is 1. The van der Waals surface area contributed by atoms with Crippen molar-refractivity contribution in [3.63, 3.8) is 0 Å². The van der Waals surface area contributed by atoms with Crippen LogP contribution in [0.3, 0.4) is 0 Å². The fraction of sp³-hybridized carbons (Fsp3) is 0.125. The molecule has 0 saturated heterocycles. The minimum Gasteiger partial charge on any atom is -0.465 e. The molecule has 2 aromatic heterocycles. The Kier molecular flexibility index (Phi) is 7.08. The molecule has 0 radical (unpaired) electrons. The van der Waals surface area contributed by atoms with Crippen LogP contribution in [0.1, 0.15) is 20.8 Å². The highest BCUT2D eigenvalue weighted by atomic mass is 35.5. The van der Waals surface area contributed by atoms with E-state index in [-0.39, 0.29) is 0 Å². The Hall–Kier alpha value is -3.20. The van der Waals surface area contributed by atoms with Crippen molar-refractivity contribution in [1.82, 2.24) is 9.78 Å². The maximum Gasteiger partial charge on any atom is 0.341 e. The van der Waals surface area contributed by atoms with Gasteiger partial charge in [0.05, 0.1) is 24.9 Å². The molecule has 0 amide bonds. The SMILES string of the molecule is COC(=O)c1c(NC(=S)Nc2cccc(Cn3cc(Cl)cn3)c2)sc(C)c1-c1ccccc1. The number of thiocarbonyl (C=S) groups is 1. The Labute approximate surface area is 206 Å². The van der Waals surface area contributed by atoms with Crippen LogP contribution in [0.2, 0.25) is 5.02 Å². The molecular weight excluding hydrogens is 476 g/mol. The van der Waals surface area contributed by atoms with Crippen molar-refractivity contribution in [2.45, 2.75) is 13.5 Å². The second kappa shape index (κ2) is 10.2. The number of hydrogen-bond donors (Lipinski definition) is 2. The highest BCUT2D eigenvalue weighted by molar-refractivity contribution is 7.80. The van der Waals surface area contributed by atoms with Gasteiger partial charge in [0.15, 0.2) is 5.11 Å². The monoisotopic (exact) mass is 496 g/mol. The molecule has 0 spiro atoms. The van der Waals surface area contributed by atoms with Crippen molar-refractivity contribution in [3.8, 4) is 11.1 Å². The molecule has 6 nitrogen and oxygen atoms in total. The summed E-state index contributed by atoms with van der Waals surface area (Å²) in [5.74, 6) is -0.414. The molecule has 0 aliphatic rings. The van der Waals surface area contributed by atoms with Gasteiger partial charge in [0.2, 0.25) is 0 Å². The van der Waals surface area contributed by atoms with Gasteiger partial charge in [-0.1, -0.05) is 54.1 Å². The van der Waals surface area contributed by atoms with E-state index in [1.165, 1.54) is 18.4 Å². The molecule has 0 atom stereocenters. The zero-order valence-electron chi connectivity index (χ0n) is 18.0. The number of carbonyl (C=O) groups excluding carboxylic acids is 1. The maximum atomic E-state index is 12.7. The van der Waals surface area contributed by atoms with Crippen LogP contribution in [0.4, 0.5) is 10.7 Å². The van der Waals surface area contributed by atoms with Crippen molar-refractivity contribution in [3.05, 3.63) is 88.0 Å². The summed E-state index contributed by atoms with van der Waals surface area (Å²) in [7, 11) is 1.38. The van der Waals surface area contributed by atoms with E-state index in [9.17, 15) is 4.79 Å². The van der Waals surface area contributed by atoms with E-state index in [1.807, 2.05) is 61.5 Å². The summed E-state index contributed by atoms with van der Waals surface area (Å²) in [5.41, 5.74) is 4.12. The lowest BCUT2D eigenvalue weighted by Gasteiger charge is -2.12. The van der Waals surface area contributed by atoms with Crippen molar-refractivity contribution >= 4 is 56.9 Å². The molecule has 0 aliphatic carbocycles. The number of anilines is 2. The molecule has 9 heteroatoms. The molecule has 4 rings (SSSR count). The molecule has 2 N–H and O–H groups in total. The third kappa shape index (κ3) is 5.42. The number of aryl methyl sites for hydroxylation is 1. The third-order valence-corrected chi connectivity index (χ3v) is 6.31. The van der Waals surface area contributed by atoms with Gasteiger partial charge in [0.1, 0.15) is 10.6 Å². The molecule has 2 aromatic carbocycles.